The second-order valence-electron chi connectivity index (χ2n) is 19.8. The first kappa shape index (κ1) is 46.6. The summed E-state index contributed by atoms with van der Waals surface area (Å²) < 4.78 is 0. The summed E-state index contributed by atoms with van der Waals surface area (Å²) >= 11 is 3.86. The van der Waals surface area contributed by atoms with Crippen LogP contribution in [0.15, 0.2) is 132 Å². The van der Waals surface area contributed by atoms with Gasteiger partial charge in [-0.25, -0.2) is 0 Å². The van der Waals surface area contributed by atoms with Crippen molar-refractivity contribution in [3.05, 3.63) is 199 Å². The Morgan fingerprint density at radius 3 is 0.864 bits per heavy atom. The highest BCUT2D eigenvalue weighted by Gasteiger charge is 2.52. The molecule has 0 bridgehead atoms. The molecule has 0 nitrogen and oxygen atoms in total. The van der Waals surface area contributed by atoms with Crippen molar-refractivity contribution in [2.45, 2.75) is 167 Å². The average Bonchev–Trinajstić information content (AvgIpc) is 4.15. The zero-order valence-electron chi connectivity index (χ0n) is 40.7. The summed E-state index contributed by atoms with van der Waals surface area (Å²) in [4.78, 5) is 2.85. The van der Waals surface area contributed by atoms with Crippen molar-refractivity contribution in [3.8, 4) is 20.9 Å². The van der Waals surface area contributed by atoms with Gasteiger partial charge < -0.3 is 0 Å². The van der Waals surface area contributed by atoms with E-state index in [1.807, 2.05) is 22.7 Å². The molecule has 0 radical (unpaired) electrons. The van der Waals surface area contributed by atoms with Crippen LogP contribution in [0.25, 0.3) is 20.9 Å². The largest absolute Gasteiger partial charge is 0.143 e. The third-order valence-electron chi connectivity index (χ3n) is 15.4. The van der Waals surface area contributed by atoms with Gasteiger partial charge in [-0.05, 0) is 158 Å². The fourth-order valence-corrected chi connectivity index (χ4v) is 13.8. The molecule has 0 spiro atoms. The van der Waals surface area contributed by atoms with E-state index in [0.717, 1.165) is 25.7 Å². The molecule has 2 heterocycles. The zero-order valence-corrected chi connectivity index (χ0v) is 42.3. The van der Waals surface area contributed by atoms with E-state index in [1.165, 1.54) is 190 Å². The molecular weight excluding hydrogens is 833 g/mol. The Morgan fingerprint density at radius 1 is 0.303 bits per heavy atom. The van der Waals surface area contributed by atoms with E-state index >= 15 is 0 Å². The van der Waals surface area contributed by atoms with E-state index in [1.54, 1.807) is 0 Å². The lowest BCUT2D eigenvalue weighted by atomic mass is 9.64. The van der Waals surface area contributed by atoms with Crippen molar-refractivity contribution >= 4 is 22.7 Å². The Bertz CT molecular complexity index is 2320. The molecule has 0 atom stereocenters. The Labute approximate surface area is 407 Å². The Balaban J connectivity index is 1.23. The minimum Gasteiger partial charge on any atom is -0.143 e. The van der Waals surface area contributed by atoms with Crippen molar-refractivity contribution in [2.24, 2.45) is 0 Å². The number of unbranched alkanes of at least 4 members (excludes halogenated alkanes) is 12. The molecule has 0 N–H and O–H groups in total. The van der Waals surface area contributed by atoms with Gasteiger partial charge in [0.15, 0.2) is 0 Å². The number of rotatable bonds is 24. The molecule has 7 aromatic rings. The van der Waals surface area contributed by atoms with Gasteiger partial charge in [0.2, 0.25) is 0 Å². The minimum absolute atomic E-state index is 0.437. The molecule has 342 valence electrons. The summed E-state index contributed by atoms with van der Waals surface area (Å²) in [6.07, 6.45) is 25.2. The van der Waals surface area contributed by atoms with E-state index in [4.69, 9.17) is 0 Å². The summed E-state index contributed by atoms with van der Waals surface area (Å²) in [6.45, 7) is 9.23. The van der Waals surface area contributed by atoms with Gasteiger partial charge in [-0.15, -0.1) is 22.7 Å². The second kappa shape index (κ2) is 21.6. The second-order valence-corrected chi connectivity index (χ2v) is 21.6. The average molecular weight is 907 g/mol. The SMILES string of the molecule is CCCCCCc1ccc(C2(c3ccc(CCCCCC)cc3)c3cc4c(cc3-c3sccc32)-c2sccc2C4(c2ccc(CCCCCC)cc2)c2ccc(CCCCCC)cc2)cc1. The molecule has 0 saturated heterocycles. The molecule has 0 fully saturated rings. The molecule has 0 unspecified atom stereocenters. The summed E-state index contributed by atoms with van der Waals surface area (Å²) in [5, 5.41) is 4.71. The number of benzene rings is 5. The van der Waals surface area contributed by atoms with Crippen molar-refractivity contribution in [2.75, 3.05) is 0 Å². The van der Waals surface area contributed by atoms with Gasteiger partial charge in [0, 0.05) is 9.75 Å². The molecule has 2 aromatic heterocycles. The lowest BCUT2D eigenvalue weighted by Gasteiger charge is -2.37. The lowest BCUT2D eigenvalue weighted by Crippen LogP contribution is -2.31. The van der Waals surface area contributed by atoms with Gasteiger partial charge in [0.1, 0.15) is 0 Å². The highest BCUT2D eigenvalue weighted by molar-refractivity contribution is 7.14. The van der Waals surface area contributed by atoms with E-state index in [2.05, 4.69) is 160 Å². The first-order chi connectivity index (χ1) is 32.6. The maximum absolute atomic E-state index is 2.72. The summed E-state index contributed by atoms with van der Waals surface area (Å²) in [6, 6.07) is 49.9. The van der Waals surface area contributed by atoms with E-state index in [-0.39, 0.29) is 0 Å². The number of fused-ring (bicyclic) bond motifs is 6. The standard InChI is InChI=1S/C64H74S2/c1-5-9-13-17-21-47-25-33-51(34-26-47)63(52-35-27-48(28-36-52)22-18-14-10-6-2)57-41-43-65-61(57)55-45-56-60(46-59(55)63)64(58-42-44-66-62(56)58,53-37-29-49(30-38-53)23-19-15-11-7-3)54-39-31-50(32-40-54)24-20-16-12-8-4/h25-46H,5-24H2,1-4H3. The monoisotopic (exact) mass is 907 g/mol. The Hall–Kier alpha value is -4.50. The molecule has 2 aliphatic rings. The van der Waals surface area contributed by atoms with Crippen LogP contribution in [-0.4, -0.2) is 0 Å². The Morgan fingerprint density at radius 2 is 0.591 bits per heavy atom. The topological polar surface area (TPSA) is 0 Å². The smallest absolute Gasteiger partial charge is 0.0722 e. The van der Waals surface area contributed by atoms with Crippen LogP contribution in [0.1, 0.15) is 197 Å². The number of thiophene rings is 2. The summed E-state index contributed by atoms with van der Waals surface area (Å²) in [5.74, 6) is 0. The van der Waals surface area contributed by atoms with Crippen molar-refractivity contribution in [1.82, 2.24) is 0 Å². The molecule has 0 aliphatic heterocycles. The molecule has 5 aromatic carbocycles. The third kappa shape index (κ3) is 8.87. The van der Waals surface area contributed by atoms with Crippen LogP contribution in [0, 0.1) is 0 Å². The van der Waals surface area contributed by atoms with E-state index < -0.39 is 10.8 Å². The van der Waals surface area contributed by atoms with Gasteiger partial charge in [-0.1, -0.05) is 208 Å². The maximum Gasteiger partial charge on any atom is 0.0722 e. The van der Waals surface area contributed by atoms with Crippen LogP contribution in [0.5, 0.6) is 0 Å². The Kier molecular flexibility index (Phi) is 15.3. The van der Waals surface area contributed by atoms with Crippen molar-refractivity contribution < 1.29 is 0 Å². The van der Waals surface area contributed by atoms with Gasteiger partial charge >= 0.3 is 0 Å². The predicted molar refractivity (Wildman–Crippen MR) is 288 cm³/mol. The van der Waals surface area contributed by atoms with E-state index in [0.29, 0.717) is 0 Å². The maximum atomic E-state index is 2.72. The molecule has 66 heavy (non-hydrogen) atoms. The van der Waals surface area contributed by atoms with Crippen LogP contribution >= 0.6 is 22.7 Å². The molecule has 2 heteroatoms. The van der Waals surface area contributed by atoms with Gasteiger partial charge in [0.25, 0.3) is 0 Å². The highest BCUT2D eigenvalue weighted by atomic mass is 32.1. The van der Waals surface area contributed by atoms with Gasteiger partial charge in [-0.2, -0.15) is 0 Å². The fraction of sp³-hybridized carbons (Fsp3) is 0.406. The van der Waals surface area contributed by atoms with E-state index in [9.17, 15) is 0 Å². The molecule has 2 aliphatic carbocycles. The van der Waals surface area contributed by atoms with Crippen molar-refractivity contribution in [1.29, 1.82) is 0 Å². The first-order valence-corrected chi connectivity index (χ1v) is 28.1. The normalized spacial score (nSPS) is 14.0. The van der Waals surface area contributed by atoms with Crippen LogP contribution < -0.4 is 0 Å². The van der Waals surface area contributed by atoms with Gasteiger partial charge in [-0.3, -0.25) is 0 Å². The number of hydrogen-bond acceptors (Lipinski definition) is 2. The number of aryl methyl sites for hydroxylation is 4. The highest BCUT2D eigenvalue weighted by Crippen LogP contribution is 2.64. The van der Waals surface area contributed by atoms with Crippen molar-refractivity contribution in [3.63, 3.8) is 0 Å². The molecule has 0 saturated carbocycles. The van der Waals surface area contributed by atoms with Crippen LogP contribution in [0.3, 0.4) is 0 Å². The zero-order chi connectivity index (χ0) is 45.4. The minimum atomic E-state index is -0.437. The summed E-state index contributed by atoms with van der Waals surface area (Å²) in [7, 11) is 0. The fourth-order valence-electron chi connectivity index (χ4n) is 11.8. The molecule has 9 rings (SSSR count). The quantitative estimate of drug-likeness (QED) is 0.0530. The van der Waals surface area contributed by atoms with Crippen LogP contribution in [-0.2, 0) is 36.5 Å². The lowest BCUT2D eigenvalue weighted by molar-refractivity contribution is 0.665. The molecular formula is C64H74S2. The molecule has 0 amide bonds. The first-order valence-electron chi connectivity index (χ1n) is 26.3. The third-order valence-corrected chi connectivity index (χ3v) is 17.3. The van der Waals surface area contributed by atoms with Crippen LogP contribution in [0.2, 0.25) is 0 Å². The van der Waals surface area contributed by atoms with Crippen LogP contribution in [0.4, 0.5) is 0 Å². The van der Waals surface area contributed by atoms with Gasteiger partial charge in [0.05, 0.1) is 10.8 Å². The summed E-state index contributed by atoms with van der Waals surface area (Å²) in [5.41, 5.74) is 19.0. The predicted octanol–water partition coefficient (Wildman–Crippen LogP) is 19.0. The number of hydrogen-bond donors (Lipinski definition) is 0.